The summed E-state index contributed by atoms with van der Waals surface area (Å²) in [6, 6.07) is 6.61. The maximum absolute atomic E-state index is 13.0. The number of thioether (sulfide) groups is 1. The lowest BCUT2D eigenvalue weighted by atomic mass is 10.3. The van der Waals surface area contributed by atoms with E-state index in [9.17, 15) is 24.3 Å². The van der Waals surface area contributed by atoms with E-state index in [0.29, 0.717) is 8.91 Å². The summed E-state index contributed by atoms with van der Waals surface area (Å²) in [5.41, 5.74) is 0.185. The number of rotatable bonds is 4. The van der Waals surface area contributed by atoms with Gasteiger partial charge in [0.05, 0.1) is 30.9 Å². The minimum atomic E-state index is -0.524. The van der Waals surface area contributed by atoms with Crippen LogP contribution in [0.5, 0.6) is 5.75 Å². The highest BCUT2D eigenvalue weighted by atomic mass is 35.5. The predicted octanol–water partition coefficient (Wildman–Crippen LogP) is 3.69. The number of hydrogen-bond acceptors (Lipinski definition) is 6. The van der Waals surface area contributed by atoms with Gasteiger partial charge in [-0.2, -0.15) is 5.26 Å². The predicted molar refractivity (Wildman–Crippen MR) is 99.6 cm³/mol. The molecule has 0 radical (unpaired) electrons. The summed E-state index contributed by atoms with van der Waals surface area (Å²) in [5, 5.41) is 21.8. The molecule has 0 saturated carbocycles. The average molecular weight is 410 g/mol. The molecule has 3 aromatic rings. The van der Waals surface area contributed by atoms with Crippen molar-refractivity contribution in [2.24, 2.45) is 0 Å². The first-order valence-corrected chi connectivity index (χ1v) is 9.23. The van der Waals surface area contributed by atoms with Crippen LogP contribution < -0.4 is 10.9 Å². The number of pyridine rings is 1. The standard InChI is InChI=1S/C16H9ClFN3O3S2/c17-9-3-7(18)1-2-10(9)20-13(24)6-25-16-8(5-19)14-15(26-16)11(22)4-12(23)21-14/h1-4H,6H2,(H,20,24)(H2,21,22,23). The highest BCUT2D eigenvalue weighted by molar-refractivity contribution is 8.02. The van der Waals surface area contributed by atoms with Gasteiger partial charge in [-0.15, -0.1) is 23.1 Å². The molecule has 0 aliphatic carbocycles. The van der Waals surface area contributed by atoms with E-state index in [1.165, 1.54) is 12.1 Å². The second-order valence-electron chi connectivity index (χ2n) is 5.06. The van der Waals surface area contributed by atoms with E-state index in [1.54, 1.807) is 0 Å². The number of anilines is 1. The fourth-order valence-corrected chi connectivity index (χ4v) is 4.53. The normalized spacial score (nSPS) is 10.7. The number of aromatic nitrogens is 1. The molecule has 0 aliphatic rings. The molecule has 0 bridgehead atoms. The molecule has 0 aliphatic heterocycles. The van der Waals surface area contributed by atoms with Gasteiger partial charge in [0, 0.05) is 6.07 Å². The lowest BCUT2D eigenvalue weighted by Gasteiger charge is -2.06. The Hall–Kier alpha value is -2.54. The number of benzene rings is 1. The number of carbonyl (C=O) groups excluding carboxylic acids is 1. The second kappa shape index (κ2) is 7.37. The Kier molecular flexibility index (Phi) is 5.18. The number of halogens is 2. The van der Waals surface area contributed by atoms with Crippen molar-refractivity contribution in [3.8, 4) is 11.8 Å². The second-order valence-corrected chi connectivity index (χ2v) is 7.73. The van der Waals surface area contributed by atoms with E-state index in [0.717, 1.165) is 35.2 Å². The molecular formula is C16H9ClFN3O3S2. The van der Waals surface area contributed by atoms with Gasteiger partial charge in [0.25, 0.3) is 5.56 Å². The first kappa shape index (κ1) is 18.3. The minimum absolute atomic E-state index is 0.0415. The molecule has 1 aromatic carbocycles. The fraction of sp³-hybridized carbons (Fsp3) is 0.0625. The number of thiophene rings is 1. The summed E-state index contributed by atoms with van der Waals surface area (Å²) in [5.74, 6) is -1.18. The molecule has 3 N–H and O–H groups in total. The lowest BCUT2D eigenvalue weighted by Crippen LogP contribution is -2.14. The summed E-state index contributed by atoms with van der Waals surface area (Å²) < 4.78 is 13.9. The smallest absolute Gasteiger partial charge is 0.252 e. The summed E-state index contributed by atoms with van der Waals surface area (Å²) in [6.07, 6.45) is 0. The van der Waals surface area contributed by atoms with E-state index < -0.39 is 17.3 Å². The van der Waals surface area contributed by atoms with E-state index >= 15 is 0 Å². The van der Waals surface area contributed by atoms with Crippen LogP contribution in [-0.4, -0.2) is 21.8 Å². The largest absolute Gasteiger partial charge is 0.506 e. The molecule has 1 amide bonds. The van der Waals surface area contributed by atoms with Crippen molar-refractivity contribution in [1.29, 1.82) is 5.26 Å². The van der Waals surface area contributed by atoms with Crippen molar-refractivity contribution in [2.75, 3.05) is 11.1 Å². The van der Waals surface area contributed by atoms with Crippen LogP contribution >= 0.6 is 34.7 Å². The van der Waals surface area contributed by atoms with Crippen LogP contribution in [0, 0.1) is 17.1 Å². The molecule has 2 aromatic heterocycles. The monoisotopic (exact) mass is 409 g/mol. The van der Waals surface area contributed by atoms with Gasteiger partial charge >= 0.3 is 0 Å². The van der Waals surface area contributed by atoms with Gasteiger partial charge < -0.3 is 15.4 Å². The Morgan fingerprint density at radius 1 is 1.46 bits per heavy atom. The van der Waals surface area contributed by atoms with Crippen LogP contribution in [0.3, 0.4) is 0 Å². The third-order valence-electron chi connectivity index (χ3n) is 3.28. The van der Waals surface area contributed by atoms with Crippen LogP contribution in [0.25, 0.3) is 10.2 Å². The van der Waals surface area contributed by atoms with Crippen LogP contribution in [0.2, 0.25) is 5.02 Å². The highest BCUT2D eigenvalue weighted by Crippen LogP contribution is 2.39. The van der Waals surface area contributed by atoms with Crippen LogP contribution in [-0.2, 0) is 4.79 Å². The third kappa shape index (κ3) is 3.67. The first-order valence-electron chi connectivity index (χ1n) is 7.05. The maximum atomic E-state index is 13.0. The maximum Gasteiger partial charge on any atom is 0.252 e. The van der Waals surface area contributed by atoms with Crippen molar-refractivity contribution in [3.05, 3.63) is 51.0 Å². The Balaban J connectivity index is 1.79. The Morgan fingerprint density at radius 3 is 2.92 bits per heavy atom. The zero-order valence-corrected chi connectivity index (χ0v) is 15.2. The van der Waals surface area contributed by atoms with Crippen molar-refractivity contribution >= 4 is 56.5 Å². The number of H-pyrrole nitrogens is 1. The number of amides is 1. The zero-order valence-electron chi connectivity index (χ0n) is 12.8. The van der Waals surface area contributed by atoms with E-state index in [2.05, 4.69) is 10.3 Å². The molecule has 6 nitrogen and oxygen atoms in total. The average Bonchev–Trinajstić information content (AvgIpc) is 2.93. The molecule has 2 heterocycles. The molecule has 0 spiro atoms. The van der Waals surface area contributed by atoms with Crippen molar-refractivity contribution < 1.29 is 14.3 Å². The van der Waals surface area contributed by atoms with Crippen LogP contribution in [0.1, 0.15) is 5.56 Å². The molecule has 0 atom stereocenters. The number of nitrogens with one attached hydrogen (secondary N) is 2. The number of carbonyl (C=O) groups is 1. The molecule has 26 heavy (non-hydrogen) atoms. The molecule has 0 fully saturated rings. The lowest BCUT2D eigenvalue weighted by molar-refractivity contribution is -0.113. The third-order valence-corrected chi connectivity index (χ3v) is 6.07. The van der Waals surface area contributed by atoms with Gasteiger partial charge in [0.1, 0.15) is 23.2 Å². The van der Waals surface area contributed by atoms with E-state index in [4.69, 9.17) is 11.6 Å². The van der Waals surface area contributed by atoms with Gasteiger partial charge in [-0.05, 0) is 18.2 Å². The van der Waals surface area contributed by atoms with Gasteiger partial charge in [-0.1, -0.05) is 11.6 Å². The summed E-state index contributed by atoms with van der Waals surface area (Å²) in [4.78, 5) is 26.1. The molecule has 0 unspecified atom stereocenters. The molecule has 3 rings (SSSR count). The van der Waals surface area contributed by atoms with Crippen LogP contribution in [0.15, 0.2) is 33.3 Å². The van der Waals surface area contributed by atoms with Gasteiger partial charge in [-0.3, -0.25) is 9.59 Å². The summed E-state index contributed by atoms with van der Waals surface area (Å²) in [6.45, 7) is 0. The zero-order chi connectivity index (χ0) is 18.8. The molecule has 0 saturated heterocycles. The Morgan fingerprint density at radius 2 is 2.23 bits per heavy atom. The number of hydrogen-bond donors (Lipinski definition) is 3. The topological polar surface area (TPSA) is 106 Å². The number of aromatic hydroxyl groups is 1. The van der Waals surface area contributed by atoms with E-state index in [1.807, 2.05) is 6.07 Å². The minimum Gasteiger partial charge on any atom is -0.506 e. The SMILES string of the molecule is N#Cc1c(SCC(=O)Nc2ccc(F)cc2Cl)sc2c(O)cc(=O)[nH]c12. The number of nitrogens with zero attached hydrogens (tertiary/aromatic N) is 1. The number of nitriles is 1. The van der Waals surface area contributed by atoms with Crippen molar-refractivity contribution in [2.45, 2.75) is 4.21 Å². The summed E-state index contributed by atoms with van der Waals surface area (Å²) in [7, 11) is 0. The molecule has 132 valence electrons. The number of fused-ring (bicyclic) bond motifs is 1. The fourth-order valence-electron chi connectivity index (χ4n) is 2.17. The van der Waals surface area contributed by atoms with Gasteiger partial charge in [0.2, 0.25) is 5.91 Å². The first-order chi connectivity index (χ1) is 12.4. The molecular weight excluding hydrogens is 401 g/mol. The van der Waals surface area contributed by atoms with E-state index in [-0.39, 0.29) is 33.3 Å². The quantitative estimate of drug-likeness (QED) is 0.570. The van der Waals surface area contributed by atoms with Crippen LogP contribution in [0.4, 0.5) is 10.1 Å². The Labute approximate surface area is 159 Å². The molecule has 10 heteroatoms. The number of aromatic amines is 1. The van der Waals surface area contributed by atoms with Gasteiger partial charge in [-0.25, -0.2) is 4.39 Å². The summed E-state index contributed by atoms with van der Waals surface area (Å²) >= 11 is 8.04. The van der Waals surface area contributed by atoms with Gasteiger partial charge in [0.15, 0.2) is 0 Å². The Bertz CT molecular complexity index is 1120. The van der Waals surface area contributed by atoms with Crippen molar-refractivity contribution in [3.63, 3.8) is 0 Å². The highest BCUT2D eigenvalue weighted by Gasteiger charge is 2.18. The van der Waals surface area contributed by atoms with Crippen molar-refractivity contribution in [1.82, 2.24) is 4.98 Å².